The maximum absolute atomic E-state index is 13.0. The van der Waals surface area contributed by atoms with Crippen molar-refractivity contribution in [2.45, 2.75) is 49.6 Å². The van der Waals surface area contributed by atoms with E-state index in [9.17, 15) is 13.2 Å². The predicted octanol–water partition coefficient (Wildman–Crippen LogP) is 3.39. The molecule has 4 rings (SSSR count). The Morgan fingerprint density at radius 2 is 1.80 bits per heavy atom. The van der Waals surface area contributed by atoms with Crippen molar-refractivity contribution in [1.82, 2.24) is 9.62 Å². The van der Waals surface area contributed by atoms with Crippen LogP contribution in [0.5, 0.6) is 0 Å². The maximum atomic E-state index is 13.0. The normalized spacial score (nSPS) is 17.0. The number of hydrogen-bond donors (Lipinski definition) is 1. The number of anilines is 1. The first kappa shape index (κ1) is 20.9. The summed E-state index contributed by atoms with van der Waals surface area (Å²) in [6.45, 7) is 2.56. The van der Waals surface area contributed by atoms with Crippen LogP contribution in [0.3, 0.4) is 0 Å². The van der Waals surface area contributed by atoms with Crippen LogP contribution in [0.15, 0.2) is 53.4 Å². The quantitative estimate of drug-likeness (QED) is 0.735. The maximum Gasteiger partial charge on any atom is 0.253 e. The molecule has 1 aliphatic carbocycles. The third-order valence-electron chi connectivity index (χ3n) is 5.73. The number of nitrogens with one attached hydrogen (secondary N) is 1. The highest BCUT2D eigenvalue weighted by molar-refractivity contribution is 7.89. The van der Waals surface area contributed by atoms with Crippen LogP contribution in [0, 0.1) is 0 Å². The van der Waals surface area contributed by atoms with Gasteiger partial charge in [-0.1, -0.05) is 24.3 Å². The van der Waals surface area contributed by atoms with Gasteiger partial charge in [-0.05, 0) is 61.9 Å². The summed E-state index contributed by atoms with van der Waals surface area (Å²) >= 11 is 0. The van der Waals surface area contributed by atoms with Gasteiger partial charge in [-0.3, -0.25) is 4.79 Å². The number of sulfonamides is 1. The standard InChI is InChI=1S/C23H29N3O3S/c1-25(17-19-8-3-4-11-22(19)26-14-5-2-6-15-26)23(27)18-9-7-10-21(16-18)30(28,29)24-20-12-13-20/h3-4,7-11,16,20,24H,2,5-6,12-15,17H2,1H3. The van der Waals surface area contributed by atoms with Crippen LogP contribution in [0.25, 0.3) is 0 Å². The van der Waals surface area contributed by atoms with E-state index in [0.717, 1.165) is 31.5 Å². The molecule has 2 aromatic rings. The first-order chi connectivity index (χ1) is 14.4. The van der Waals surface area contributed by atoms with Crippen molar-refractivity contribution in [3.05, 3.63) is 59.7 Å². The first-order valence-corrected chi connectivity index (χ1v) is 12.1. The Morgan fingerprint density at radius 1 is 1.07 bits per heavy atom. The molecule has 0 spiro atoms. The van der Waals surface area contributed by atoms with Crippen molar-refractivity contribution < 1.29 is 13.2 Å². The van der Waals surface area contributed by atoms with Gasteiger partial charge in [0.15, 0.2) is 0 Å². The van der Waals surface area contributed by atoms with Crippen molar-refractivity contribution >= 4 is 21.6 Å². The Bertz CT molecular complexity index is 1010. The van der Waals surface area contributed by atoms with Gasteiger partial charge in [-0.25, -0.2) is 13.1 Å². The SMILES string of the molecule is CN(Cc1ccccc1N1CCCCC1)C(=O)c1cccc(S(=O)(=O)NC2CC2)c1. The Kier molecular flexibility index (Phi) is 6.11. The minimum Gasteiger partial charge on any atom is -0.371 e. The van der Waals surface area contributed by atoms with Gasteiger partial charge in [0.25, 0.3) is 5.91 Å². The van der Waals surface area contributed by atoms with Gasteiger partial charge in [0.1, 0.15) is 0 Å². The molecule has 160 valence electrons. The highest BCUT2D eigenvalue weighted by atomic mass is 32.2. The topological polar surface area (TPSA) is 69.7 Å². The molecule has 1 saturated carbocycles. The Labute approximate surface area is 178 Å². The van der Waals surface area contributed by atoms with E-state index < -0.39 is 10.0 Å². The van der Waals surface area contributed by atoms with E-state index in [1.807, 2.05) is 12.1 Å². The van der Waals surface area contributed by atoms with E-state index in [4.69, 9.17) is 0 Å². The zero-order valence-corrected chi connectivity index (χ0v) is 18.2. The van der Waals surface area contributed by atoms with Gasteiger partial charge >= 0.3 is 0 Å². The highest BCUT2D eigenvalue weighted by Gasteiger charge is 2.28. The lowest BCUT2D eigenvalue weighted by Crippen LogP contribution is -2.32. The largest absolute Gasteiger partial charge is 0.371 e. The van der Waals surface area contributed by atoms with Crippen LogP contribution in [-0.2, 0) is 16.6 Å². The summed E-state index contributed by atoms with van der Waals surface area (Å²) in [5.41, 5.74) is 2.67. The van der Waals surface area contributed by atoms with Gasteiger partial charge in [0, 0.05) is 44.0 Å². The number of piperidine rings is 1. The lowest BCUT2D eigenvalue weighted by molar-refractivity contribution is 0.0785. The van der Waals surface area contributed by atoms with Crippen molar-refractivity contribution in [2.24, 2.45) is 0 Å². The van der Waals surface area contributed by atoms with Crippen molar-refractivity contribution in [1.29, 1.82) is 0 Å². The average Bonchev–Trinajstić information content (AvgIpc) is 3.57. The zero-order chi connectivity index (χ0) is 21.1. The monoisotopic (exact) mass is 427 g/mol. The van der Waals surface area contributed by atoms with Crippen LogP contribution >= 0.6 is 0 Å². The second-order valence-electron chi connectivity index (χ2n) is 8.26. The third kappa shape index (κ3) is 4.84. The molecule has 0 aromatic heterocycles. The molecule has 0 radical (unpaired) electrons. The smallest absolute Gasteiger partial charge is 0.253 e. The van der Waals surface area contributed by atoms with Gasteiger partial charge in [0.2, 0.25) is 10.0 Å². The number of benzene rings is 2. The Hall–Kier alpha value is -2.38. The fourth-order valence-corrected chi connectivity index (χ4v) is 5.27. The fraction of sp³-hybridized carbons (Fsp3) is 0.435. The molecule has 30 heavy (non-hydrogen) atoms. The lowest BCUT2D eigenvalue weighted by atomic mass is 10.1. The summed E-state index contributed by atoms with van der Waals surface area (Å²) in [5.74, 6) is -0.188. The molecule has 2 fully saturated rings. The van der Waals surface area contributed by atoms with E-state index >= 15 is 0 Å². The summed E-state index contributed by atoms with van der Waals surface area (Å²) in [6.07, 6.45) is 5.40. The molecule has 1 N–H and O–H groups in total. The van der Waals surface area contributed by atoms with Crippen molar-refractivity contribution in [2.75, 3.05) is 25.0 Å². The number of rotatable bonds is 7. The van der Waals surface area contributed by atoms with E-state index in [-0.39, 0.29) is 16.8 Å². The molecule has 0 unspecified atom stereocenters. The van der Waals surface area contributed by atoms with E-state index in [1.54, 1.807) is 24.1 Å². The summed E-state index contributed by atoms with van der Waals surface area (Å²) in [5, 5.41) is 0. The number of amides is 1. The second kappa shape index (κ2) is 8.78. The predicted molar refractivity (Wildman–Crippen MR) is 118 cm³/mol. The van der Waals surface area contributed by atoms with Gasteiger partial charge in [-0.2, -0.15) is 0 Å². The van der Waals surface area contributed by atoms with Crippen molar-refractivity contribution in [3.8, 4) is 0 Å². The molecule has 2 aliphatic rings. The molecule has 1 aliphatic heterocycles. The van der Waals surface area contributed by atoms with E-state index in [1.165, 1.54) is 37.1 Å². The molecular weight excluding hydrogens is 398 g/mol. The van der Waals surface area contributed by atoms with Crippen LogP contribution in [-0.4, -0.2) is 45.4 Å². The Balaban J connectivity index is 1.50. The van der Waals surface area contributed by atoms with E-state index in [0.29, 0.717) is 12.1 Å². The molecule has 6 nitrogen and oxygen atoms in total. The minimum absolute atomic E-state index is 0.0309. The molecule has 0 bridgehead atoms. The molecule has 1 saturated heterocycles. The number of nitrogens with zero attached hydrogens (tertiary/aromatic N) is 2. The second-order valence-corrected chi connectivity index (χ2v) is 9.98. The average molecular weight is 428 g/mol. The Morgan fingerprint density at radius 3 is 2.53 bits per heavy atom. The van der Waals surface area contributed by atoms with Crippen LogP contribution < -0.4 is 9.62 Å². The van der Waals surface area contributed by atoms with Gasteiger partial charge in [-0.15, -0.1) is 0 Å². The molecule has 0 atom stereocenters. The van der Waals surface area contributed by atoms with Gasteiger partial charge < -0.3 is 9.80 Å². The lowest BCUT2D eigenvalue weighted by Gasteiger charge is -2.31. The zero-order valence-electron chi connectivity index (χ0n) is 17.4. The summed E-state index contributed by atoms with van der Waals surface area (Å²) in [6, 6.07) is 14.6. The van der Waals surface area contributed by atoms with Crippen LogP contribution in [0.4, 0.5) is 5.69 Å². The summed E-state index contributed by atoms with van der Waals surface area (Å²) in [7, 11) is -1.82. The van der Waals surface area contributed by atoms with Crippen LogP contribution in [0.1, 0.15) is 48.0 Å². The number of carbonyl (C=O) groups excluding carboxylic acids is 1. The fourth-order valence-electron chi connectivity index (χ4n) is 3.92. The minimum atomic E-state index is -3.59. The number of hydrogen-bond acceptors (Lipinski definition) is 4. The van der Waals surface area contributed by atoms with Crippen molar-refractivity contribution in [3.63, 3.8) is 0 Å². The summed E-state index contributed by atoms with van der Waals surface area (Å²) < 4.78 is 27.7. The summed E-state index contributed by atoms with van der Waals surface area (Å²) in [4.78, 5) is 17.2. The molecule has 1 heterocycles. The molecule has 1 amide bonds. The van der Waals surface area contributed by atoms with E-state index in [2.05, 4.69) is 21.8 Å². The highest BCUT2D eigenvalue weighted by Crippen LogP contribution is 2.26. The van der Waals surface area contributed by atoms with Crippen LogP contribution in [0.2, 0.25) is 0 Å². The molecular formula is C23H29N3O3S. The molecule has 2 aromatic carbocycles. The first-order valence-electron chi connectivity index (χ1n) is 10.6. The number of carbonyl (C=O) groups is 1. The molecule has 7 heteroatoms. The van der Waals surface area contributed by atoms with Gasteiger partial charge in [0.05, 0.1) is 4.90 Å². The third-order valence-corrected chi connectivity index (χ3v) is 7.25. The number of para-hydroxylation sites is 1.